The first-order chi connectivity index (χ1) is 15.4. The summed E-state index contributed by atoms with van der Waals surface area (Å²) >= 11 is 0. The lowest BCUT2D eigenvalue weighted by atomic mass is 9.79. The van der Waals surface area contributed by atoms with Gasteiger partial charge in [0.05, 0.1) is 16.8 Å². The fourth-order valence-electron chi connectivity index (χ4n) is 3.63. The molecule has 0 aliphatic carbocycles. The molecule has 1 unspecified atom stereocenters. The molecule has 1 aromatic carbocycles. The minimum Gasteiger partial charge on any atom is -0.399 e. The molecule has 1 saturated heterocycles. The maximum absolute atomic E-state index is 13.0. The summed E-state index contributed by atoms with van der Waals surface area (Å²) in [6, 6.07) is 9.86. The molecule has 2 aliphatic rings. The van der Waals surface area contributed by atoms with Crippen LogP contribution in [0.25, 0.3) is 5.65 Å². The predicted octanol–water partition coefficient (Wildman–Crippen LogP) is 3.63. The highest BCUT2D eigenvalue weighted by molar-refractivity contribution is 6.62. The average molecular weight is 458 g/mol. The third-order valence-corrected chi connectivity index (χ3v) is 6.29. The van der Waals surface area contributed by atoms with Crippen LogP contribution >= 0.6 is 0 Å². The SMILES string of the molecule is CC1(C)OB(c2ccc(C3=NOC(c4cn5cc(C(F)(F)F)ccc5n4)N3)cc2)OC1(C)C. The number of halogens is 3. The van der Waals surface area contributed by atoms with Crippen LogP contribution < -0.4 is 10.8 Å². The van der Waals surface area contributed by atoms with E-state index < -0.39 is 36.3 Å². The van der Waals surface area contributed by atoms with Gasteiger partial charge in [0, 0.05) is 18.0 Å². The van der Waals surface area contributed by atoms with Gasteiger partial charge in [0.1, 0.15) is 11.3 Å². The van der Waals surface area contributed by atoms with Gasteiger partial charge in [-0.2, -0.15) is 13.2 Å². The summed E-state index contributed by atoms with van der Waals surface area (Å²) in [6.45, 7) is 8.00. The van der Waals surface area contributed by atoms with Crippen molar-refractivity contribution in [2.24, 2.45) is 5.16 Å². The maximum atomic E-state index is 13.0. The first-order valence-corrected chi connectivity index (χ1v) is 10.5. The standard InChI is InChI=1S/C22H22BF3N4O3/c1-20(2)21(3,4)33-23(32-20)15-8-5-13(6-9-15)18-28-19(31-29-18)16-12-30-11-14(22(24,25)26)7-10-17(30)27-16/h5-12,19H,1-4H3,(H,28,29). The van der Waals surface area contributed by atoms with Gasteiger partial charge in [0.15, 0.2) is 5.84 Å². The number of benzene rings is 1. The molecule has 0 spiro atoms. The van der Waals surface area contributed by atoms with Crippen LogP contribution in [0.1, 0.15) is 50.7 Å². The molecule has 11 heteroatoms. The van der Waals surface area contributed by atoms with Gasteiger partial charge in [-0.15, -0.1) is 0 Å². The summed E-state index contributed by atoms with van der Waals surface area (Å²) in [5.74, 6) is 0.494. The van der Waals surface area contributed by atoms with Gasteiger partial charge in [0.25, 0.3) is 0 Å². The van der Waals surface area contributed by atoms with Crippen molar-refractivity contribution in [1.29, 1.82) is 0 Å². The molecule has 1 fully saturated rings. The molecule has 3 aromatic rings. The molecule has 0 saturated carbocycles. The number of oxime groups is 1. The lowest BCUT2D eigenvalue weighted by Crippen LogP contribution is -2.41. The first kappa shape index (κ1) is 21.8. The van der Waals surface area contributed by atoms with E-state index in [1.165, 1.54) is 16.7 Å². The average Bonchev–Trinajstić information content (AvgIpc) is 3.43. The summed E-state index contributed by atoms with van der Waals surface area (Å²) in [4.78, 5) is 9.79. The van der Waals surface area contributed by atoms with E-state index in [0.717, 1.165) is 23.3 Å². The van der Waals surface area contributed by atoms with E-state index in [1.54, 1.807) is 0 Å². The van der Waals surface area contributed by atoms with Crippen LogP contribution in [-0.4, -0.2) is 33.5 Å². The van der Waals surface area contributed by atoms with Crippen LogP contribution in [0.4, 0.5) is 13.2 Å². The Kier molecular flexibility index (Phi) is 4.77. The summed E-state index contributed by atoms with van der Waals surface area (Å²) in [7, 11) is -0.467. The van der Waals surface area contributed by atoms with E-state index in [9.17, 15) is 13.2 Å². The topological polar surface area (TPSA) is 69.4 Å². The van der Waals surface area contributed by atoms with Crippen LogP contribution in [0.3, 0.4) is 0 Å². The number of fused-ring (bicyclic) bond motifs is 1. The zero-order valence-corrected chi connectivity index (χ0v) is 18.5. The molecule has 2 aromatic heterocycles. The predicted molar refractivity (Wildman–Crippen MR) is 116 cm³/mol. The number of imidazole rings is 1. The Hall–Kier alpha value is -3.05. The number of rotatable bonds is 3. The Labute approximate surface area is 188 Å². The quantitative estimate of drug-likeness (QED) is 0.608. The zero-order valence-electron chi connectivity index (χ0n) is 18.5. The number of hydrogen-bond donors (Lipinski definition) is 1. The van der Waals surface area contributed by atoms with Crippen molar-refractivity contribution in [1.82, 2.24) is 14.7 Å². The van der Waals surface area contributed by atoms with Crippen molar-refractivity contribution >= 4 is 24.1 Å². The minimum absolute atomic E-state index is 0.378. The molecule has 2 aliphatic heterocycles. The van der Waals surface area contributed by atoms with E-state index in [2.05, 4.69) is 15.5 Å². The van der Waals surface area contributed by atoms with E-state index in [4.69, 9.17) is 14.1 Å². The zero-order chi connectivity index (χ0) is 23.6. The third-order valence-electron chi connectivity index (χ3n) is 6.29. The van der Waals surface area contributed by atoms with Gasteiger partial charge in [-0.05, 0) is 45.3 Å². The molecule has 0 amide bonds. The Morgan fingerprint density at radius 1 is 0.970 bits per heavy atom. The third kappa shape index (κ3) is 3.85. The highest BCUT2D eigenvalue weighted by Crippen LogP contribution is 2.36. The number of aromatic nitrogens is 2. The van der Waals surface area contributed by atoms with Gasteiger partial charge >= 0.3 is 13.3 Å². The van der Waals surface area contributed by atoms with Gasteiger partial charge in [-0.1, -0.05) is 29.4 Å². The second kappa shape index (κ2) is 7.23. The molecule has 0 radical (unpaired) electrons. The smallest absolute Gasteiger partial charge is 0.399 e. The molecule has 5 rings (SSSR count). The molecule has 33 heavy (non-hydrogen) atoms. The Morgan fingerprint density at radius 3 is 2.27 bits per heavy atom. The fourth-order valence-corrected chi connectivity index (χ4v) is 3.63. The Balaban J connectivity index is 1.29. The van der Waals surface area contributed by atoms with Crippen molar-refractivity contribution in [2.75, 3.05) is 0 Å². The van der Waals surface area contributed by atoms with Gasteiger partial charge < -0.3 is 23.9 Å². The molecule has 172 valence electrons. The Morgan fingerprint density at radius 2 is 1.64 bits per heavy atom. The van der Waals surface area contributed by atoms with Gasteiger partial charge in [-0.3, -0.25) is 0 Å². The summed E-state index contributed by atoms with van der Waals surface area (Å²) in [6.07, 6.45) is -2.65. The monoisotopic (exact) mass is 458 g/mol. The van der Waals surface area contributed by atoms with Gasteiger partial charge in [0.2, 0.25) is 6.23 Å². The van der Waals surface area contributed by atoms with Crippen molar-refractivity contribution in [2.45, 2.75) is 51.3 Å². The van der Waals surface area contributed by atoms with E-state index in [1.807, 2.05) is 52.0 Å². The highest BCUT2D eigenvalue weighted by Gasteiger charge is 2.51. The van der Waals surface area contributed by atoms with Gasteiger partial charge in [-0.25, -0.2) is 4.98 Å². The fraction of sp³-hybridized carbons (Fsp3) is 0.364. The molecule has 0 bridgehead atoms. The largest absolute Gasteiger partial charge is 0.494 e. The Bertz CT molecular complexity index is 1220. The molecule has 1 atom stereocenters. The summed E-state index contributed by atoms with van der Waals surface area (Å²) in [5, 5.41) is 7.19. The number of pyridine rings is 1. The van der Waals surface area contributed by atoms with Crippen LogP contribution in [0.15, 0.2) is 53.9 Å². The molecule has 1 N–H and O–H groups in total. The molecule has 4 heterocycles. The van der Waals surface area contributed by atoms with Crippen LogP contribution in [0, 0.1) is 0 Å². The first-order valence-electron chi connectivity index (χ1n) is 10.5. The highest BCUT2D eigenvalue weighted by atomic mass is 19.4. The minimum atomic E-state index is -4.43. The van der Waals surface area contributed by atoms with E-state index >= 15 is 0 Å². The van der Waals surface area contributed by atoms with E-state index in [0.29, 0.717) is 17.2 Å². The second-order valence-electron chi connectivity index (χ2n) is 9.13. The van der Waals surface area contributed by atoms with Crippen LogP contribution in [0.5, 0.6) is 0 Å². The second-order valence-corrected chi connectivity index (χ2v) is 9.13. The number of nitrogens with zero attached hydrogens (tertiary/aromatic N) is 3. The van der Waals surface area contributed by atoms with Crippen LogP contribution in [-0.2, 0) is 20.3 Å². The molecule has 7 nitrogen and oxygen atoms in total. The summed E-state index contributed by atoms with van der Waals surface area (Å²) in [5.41, 5.74) is 0.853. The lowest BCUT2D eigenvalue weighted by Gasteiger charge is -2.32. The van der Waals surface area contributed by atoms with Crippen molar-refractivity contribution in [3.05, 3.63) is 65.6 Å². The molecular weight excluding hydrogens is 436 g/mol. The number of amidine groups is 1. The lowest BCUT2D eigenvalue weighted by molar-refractivity contribution is -0.137. The molecular formula is C22H22BF3N4O3. The normalized spacial score (nSPS) is 21.7. The summed E-state index contributed by atoms with van der Waals surface area (Å²) < 4.78 is 52.4. The van der Waals surface area contributed by atoms with E-state index in [-0.39, 0.29) is 0 Å². The van der Waals surface area contributed by atoms with Crippen molar-refractivity contribution in [3.8, 4) is 0 Å². The number of alkyl halides is 3. The number of nitrogens with one attached hydrogen (secondary N) is 1. The maximum Gasteiger partial charge on any atom is 0.494 e. The van der Waals surface area contributed by atoms with Crippen molar-refractivity contribution < 1.29 is 27.3 Å². The van der Waals surface area contributed by atoms with Crippen molar-refractivity contribution in [3.63, 3.8) is 0 Å². The van der Waals surface area contributed by atoms with Crippen LogP contribution in [0.2, 0.25) is 0 Å². The number of hydrogen-bond acceptors (Lipinski definition) is 6.